The zero-order valence-corrected chi connectivity index (χ0v) is 7.75. The fraction of sp³-hybridized carbons (Fsp3) is 1.00. The minimum atomic E-state index is 0.670. The monoisotopic (exact) mass is 170 g/mol. The molecule has 2 saturated heterocycles. The van der Waals surface area contributed by atoms with Gasteiger partial charge in [0.1, 0.15) is 0 Å². The summed E-state index contributed by atoms with van der Waals surface area (Å²) in [5, 5.41) is 3.48. The normalized spacial score (nSPS) is 38.8. The van der Waals surface area contributed by atoms with Gasteiger partial charge in [-0.3, -0.25) is 4.90 Å². The van der Waals surface area contributed by atoms with E-state index in [0.29, 0.717) is 6.04 Å². The molecule has 0 radical (unpaired) electrons. The minimum Gasteiger partial charge on any atom is -0.379 e. The van der Waals surface area contributed by atoms with Crippen LogP contribution in [-0.2, 0) is 4.74 Å². The first-order valence-electron chi connectivity index (χ1n) is 4.93. The van der Waals surface area contributed by atoms with Crippen LogP contribution in [0.2, 0.25) is 0 Å². The van der Waals surface area contributed by atoms with E-state index in [1.54, 1.807) is 0 Å². The number of nitrogens with zero attached hydrogens (tertiary/aromatic N) is 1. The van der Waals surface area contributed by atoms with Crippen molar-refractivity contribution in [1.29, 1.82) is 0 Å². The van der Waals surface area contributed by atoms with Crippen molar-refractivity contribution >= 4 is 0 Å². The molecule has 2 fully saturated rings. The number of hydrogen-bond donors (Lipinski definition) is 1. The average Bonchev–Trinajstić information content (AvgIpc) is 2.53. The van der Waals surface area contributed by atoms with E-state index in [1.165, 1.54) is 13.0 Å². The molecule has 2 rings (SSSR count). The van der Waals surface area contributed by atoms with E-state index in [4.69, 9.17) is 4.74 Å². The molecule has 0 bridgehead atoms. The molecule has 12 heavy (non-hydrogen) atoms. The quantitative estimate of drug-likeness (QED) is 0.602. The predicted octanol–water partition coefficient (Wildman–Crippen LogP) is 0.0690. The van der Waals surface area contributed by atoms with Crippen molar-refractivity contribution in [3.05, 3.63) is 0 Å². The fourth-order valence-corrected chi connectivity index (χ4v) is 2.25. The van der Waals surface area contributed by atoms with Gasteiger partial charge in [0, 0.05) is 25.2 Å². The number of hydrogen-bond acceptors (Lipinski definition) is 3. The number of ether oxygens (including phenoxy) is 1. The van der Waals surface area contributed by atoms with Crippen LogP contribution in [0.3, 0.4) is 0 Å². The van der Waals surface area contributed by atoms with Crippen molar-refractivity contribution in [2.75, 3.05) is 32.8 Å². The zero-order chi connectivity index (χ0) is 8.39. The van der Waals surface area contributed by atoms with Crippen molar-refractivity contribution in [1.82, 2.24) is 10.2 Å². The van der Waals surface area contributed by atoms with Gasteiger partial charge < -0.3 is 10.1 Å². The molecule has 1 N–H and O–H groups in total. The highest BCUT2D eigenvalue weighted by Gasteiger charge is 2.29. The summed E-state index contributed by atoms with van der Waals surface area (Å²) in [4.78, 5) is 2.56. The van der Waals surface area contributed by atoms with Gasteiger partial charge in [0.2, 0.25) is 0 Å². The lowest BCUT2D eigenvalue weighted by Gasteiger charge is -2.34. The van der Waals surface area contributed by atoms with Crippen LogP contribution in [0.15, 0.2) is 0 Å². The standard InChI is InChI=1S/C9H18N2O/c1-8-9(2-3-10-8)11-4-6-12-7-5-11/h8-10H,2-7H2,1H3/t8-,9-/m1/s1. The Morgan fingerprint density at radius 1 is 1.33 bits per heavy atom. The summed E-state index contributed by atoms with van der Waals surface area (Å²) in [5.41, 5.74) is 0. The summed E-state index contributed by atoms with van der Waals surface area (Å²) in [5.74, 6) is 0. The molecule has 2 aliphatic heterocycles. The maximum atomic E-state index is 5.33. The zero-order valence-electron chi connectivity index (χ0n) is 7.75. The average molecular weight is 170 g/mol. The van der Waals surface area contributed by atoms with Crippen LogP contribution < -0.4 is 5.32 Å². The summed E-state index contributed by atoms with van der Waals surface area (Å²) < 4.78 is 5.33. The number of morpholine rings is 1. The summed E-state index contributed by atoms with van der Waals surface area (Å²) in [6.45, 7) is 7.55. The SMILES string of the molecule is C[C@H]1NCC[C@H]1N1CCOCC1. The molecule has 2 atom stereocenters. The van der Waals surface area contributed by atoms with Crippen molar-refractivity contribution in [3.8, 4) is 0 Å². The third-order valence-corrected chi connectivity index (χ3v) is 3.00. The highest BCUT2D eigenvalue weighted by atomic mass is 16.5. The van der Waals surface area contributed by atoms with Gasteiger partial charge in [-0.15, -0.1) is 0 Å². The van der Waals surface area contributed by atoms with E-state index >= 15 is 0 Å². The van der Waals surface area contributed by atoms with Crippen molar-refractivity contribution in [3.63, 3.8) is 0 Å². The van der Waals surface area contributed by atoms with Gasteiger partial charge >= 0.3 is 0 Å². The summed E-state index contributed by atoms with van der Waals surface area (Å²) in [6, 6.07) is 1.43. The van der Waals surface area contributed by atoms with E-state index in [1.807, 2.05) is 0 Å². The Kier molecular flexibility index (Phi) is 2.63. The first-order chi connectivity index (χ1) is 5.88. The Labute approximate surface area is 74.1 Å². The Balaban J connectivity index is 1.89. The second-order valence-corrected chi connectivity index (χ2v) is 3.75. The summed E-state index contributed by atoms with van der Waals surface area (Å²) >= 11 is 0. The molecular weight excluding hydrogens is 152 g/mol. The largest absolute Gasteiger partial charge is 0.379 e. The molecule has 0 spiro atoms. The molecular formula is C9H18N2O. The van der Waals surface area contributed by atoms with E-state index in [2.05, 4.69) is 17.1 Å². The molecule has 0 unspecified atom stereocenters. The molecule has 0 saturated carbocycles. The van der Waals surface area contributed by atoms with Gasteiger partial charge in [0.05, 0.1) is 13.2 Å². The van der Waals surface area contributed by atoms with Crippen LogP contribution in [-0.4, -0.2) is 49.8 Å². The lowest BCUT2D eigenvalue weighted by atomic mass is 10.1. The minimum absolute atomic E-state index is 0.670. The topological polar surface area (TPSA) is 24.5 Å². The van der Waals surface area contributed by atoms with Crippen molar-refractivity contribution in [2.24, 2.45) is 0 Å². The van der Waals surface area contributed by atoms with Gasteiger partial charge in [-0.1, -0.05) is 0 Å². The predicted molar refractivity (Wildman–Crippen MR) is 48.3 cm³/mol. The molecule has 2 aliphatic rings. The summed E-state index contributed by atoms with van der Waals surface area (Å²) in [7, 11) is 0. The molecule has 0 amide bonds. The van der Waals surface area contributed by atoms with Crippen LogP contribution in [0.4, 0.5) is 0 Å². The van der Waals surface area contributed by atoms with Gasteiger partial charge in [0.15, 0.2) is 0 Å². The van der Waals surface area contributed by atoms with Gasteiger partial charge in [0.25, 0.3) is 0 Å². The first-order valence-corrected chi connectivity index (χ1v) is 4.93. The van der Waals surface area contributed by atoms with Crippen molar-refractivity contribution in [2.45, 2.75) is 25.4 Å². The Morgan fingerprint density at radius 2 is 2.08 bits per heavy atom. The van der Waals surface area contributed by atoms with Crippen LogP contribution in [0.5, 0.6) is 0 Å². The molecule has 0 aromatic heterocycles. The Hall–Kier alpha value is -0.120. The second-order valence-electron chi connectivity index (χ2n) is 3.75. The van der Waals surface area contributed by atoms with E-state index in [0.717, 1.165) is 32.3 Å². The van der Waals surface area contributed by atoms with Gasteiger partial charge in [-0.25, -0.2) is 0 Å². The second kappa shape index (κ2) is 3.73. The lowest BCUT2D eigenvalue weighted by molar-refractivity contribution is 0.0152. The van der Waals surface area contributed by atoms with E-state index < -0.39 is 0 Å². The summed E-state index contributed by atoms with van der Waals surface area (Å²) in [6.07, 6.45) is 1.31. The van der Waals surface area contributed by atoms with Crippen LogP contribution in [0.1, 0.15) is 13.3 Å². The molecule has 3 nitrogen and oxygen atoms in total. The molecule has 3 heteroatoms. The molecule has 0 aromatic rings. The van der Waals surface area contributed by atoms with Gasteiger partial charge in [-0.2, -0.15) is 0 Å². The third kappa shape index (κ3) is 1.63. The highest BCUT2D eigenvalue weighted by molar-refractivity contribution is 4.88. The highest BCUT2D eigenvalue weighted by Crippen LogP contribution is 2.15. The Morgan fingerprint density at radius 3 is 2.67 bits per heavy atom. The maximum Gasteiger partial charge on any atom is 0.0594 e. The number of rotatable bonds is 1. The van der Waals surface area contributed by atoms with Crippen LogP contribution in [0, 0.1) is 0 Å². The molecule has 2 heterocycles. The van der Waals surface area contributed by atoms with Gasteiger partial charge in [-0.05, 0) is 19.9 Å². The molecule has 0 aliphatic carbocycles. The smallest absolute Gasteiger partial charge is 0.0594 e. The number of nitrogens with one attached hydrogen (secondary N) is 1. The maximum absolute atomic E-state index is 5.33. The van der Waals surface area contributed by atoms with E-state index in [-0.39, 0.29) is 0 Å². The third-order valence-electron chi connectivity index (χ3n) is 3.00. The van der Waals surface area contributed by atoms with Crippen LogP contribution >= 0.6 is 0 Å². The van der Waals surface area contributed by atoms with E-state index in [9.17, 15) is 0 Å². The van der Waals surface area contributed by atoms with Crippen molar-refractivity contribution < 1.29 is 4.74 Å². The molecule has 0 aromatic carbocycles. The Bertz CT molecular complexity index is 145. The lowest BCUT2D eigenvalue weighted by Crippen LogP contribution is -2.47. The van der Waals surface area contributed by atoms with Crippen LogP contribution in [0.25, 0.3) is 0 Å². The first kappa shape index (κ1) is 8.48. The molecule has 70 valence electrons. The fourth-order valence-electron chi connectivity index (χ4n) is 2.25.